The predicted molar refractivity (Wildman–Crippen MR) is 118 cm³/mol. The predicted octanol–water partition coefficient (Wildman–Crippen LogP) is 4.21. The topological polar surface area (TPSA) is 57.7 Å². The molecule has 0 aliphatic carbocycles. The zero-order chi connectivity index (χ0) is 20.0. The van der Waals surface area contributed by atoms with Crippen molar-refractivity contribution in [2.45, 2.75) is 110 Å². The Morgan fingerprint density at radius 2 is 1.19 bits per heavy atom. The van der Waals surface area contributed by atoms with E-state index in [0.29, 0.717) is 18.9 Å². The Morgan fingerprint density at radius 1 is 0.704 bits per heavy atom. The van der Waals surface area contributed by atoms with Crippen LogP contribution in [0.5, 0.6) is 0 Å². The van der Waals surface area contributed by atoms with E-state index in [9.17, 15) is 5.11 Å². The molecule has 0 bridgehead atoms. The summed E-state index contributed by atoms with van der Waals surface area (Å²) in [4.78, 5) is 5.22. The second-order valence-electron chi connectivity index (χ2n) is 8.10. The summed E-state index contributed by atoms with van der Waals surface area (Å²) in [5.74, 6) is 0.419. The molecule has 0 heterocycles. The van der Waals surface area contributed by atoms with E-state index in [0.717, 1.165) is 25.9 Å². The molecule has 0 saturated carbocycles. The lowest BCUT2D eigenvalue weighted by Crippen LogP contribution is -2.73. The fraction of sp³-hybridized carbons (Fsp3) is 0.957. The Labute approximate surface area is 169 Å². The summed E-state index contributed by atoms with van der Waals surface area (Å²) in [5.41, 5.74) is 0. The van der Waals surface area contributed by atoms with Crippen molar-refractivity contribution in [3.63, 3.8) is 0 Å². The minimum absolute atomic E-state index is 0.198. The van der Waals surface area contributed by atoms with Crippen molar-refractivity contribution in [1.29, 1.82) is 0 Å². The van der Waals surface area contributed by atoms with Gasteiger partial charge in [0.25, 0.3) is 0 Å². The SMILES string of the molecule is CCCCCCCCCCCCCCCC[NH+]=C(O)CCCN(C)CCO. The van der Waals surface area contributed by atoms with Gasteiger partial charge in [-0.25, -0.2) is 4.99 Å². The first-order valence-electron chi connectivity index (χ1n) is 11.8. The third-order valence-corrected chi connectivity index (χ3v) is 5.29. The molecule has 0 amide bonds. The second kappa shape index (κ2) is 21.7. The van der Waals surface area contributed by atoms with Gasteiger partial charge in [-0.3, -0.25) is 0 Å². The van der Waals surface area contributed by atoms with E-state index in [1.54, 1.807) is 0 Å². The van der Waals surface area contributed by atoms with Crippen molar-refractivity contribution in [2.24, 2.45) is 0 Å². The number of aliphatic hydroxyl groups is 2. The molecule has 27 heavy (non-hydrogen) atoms. The van der Waals surface area contributed by atoms with Crippen LogP contribution in [0.25, 0.3) is 0 Å². The van der Waals surface area contributed by atoms with Gasteiger partial charge in [0.15, 0.2) is 0 Å². The molecule has 0 unspecified atom stereocenters. The lowest BCUT2D eigenvalue weighted by atomic mass is 10.0. The van der Waals surface area contributed by atoms with Crippen LogP contribution in [0.15, 0.2) is 0 Å². The quantitative estimate of drug-likeness (QED) is 0.158. The maximum atomic E-state index is 9.83. The minimum atomic E-state index is 0.198. The van der Waals surface area contributed by atoms with Gasteiger partial charge in [-0.05, 0) is 26.4 Å². The normalized spacial score (nSPS) is 12.2. The summed E-state index contributed by atoms with van der Waals surface area (Å²) in [7, 11) is 2.00. The Bertz CT molecular complexity index is 322. The van der Waals surface area contributed by atoms with E-state index in [1.807, 2.05) is 7.05 Å². The lowest BCUT2D eigenvalue weighted by Gasteiger charge is -2.13. The van der Waals surface area contributed by atoms with Gasteiger partial charge in [0, 0.05) is 13.0 Å². The molecular formula is C23H49N2O2+. The van der Waals surface area contributed by atoms with Crippen LogP contribution in [-0.4, -0.2) is 54.3 Å². The van der Waals surface area contributed by atoms with Crippen molar-refractivity contribution in [3.05, 3.63) is 0 Å². The Kier molecular flexibility index (Phi) is 21.2. The van der Waals surface area contributed by atoms with Crippen LogP contribution in [0.1, 0.15) is 110 Å². The van der Waals surface area contributed by atoms with Crippen LogP contribution in [0, 0.1) is 0 Å². The first-order valence-corrected chi connectivity index (χ1v) is 11.8. The number of aliphatic hydroxyl groups excluding tert-OH is 2. The Balaban J connectivity index is 3.25. The Hall–Kier alpha value is -0.610. The summed E-state index contributed by atoms with van der Waals surface area (Å²) >= 11 is 0. The molecule has 0 aromatic heterocycles. The third-order valence-electron chi connectivity index (χ3n) is 5.29. The van der Waals surface area contributed by atoms with Crippen LogP contribution in [0.2, 0.25) is 0 Å². The highest BCUT2D eigenvalue weighted by molar-refractivity contribution is 5.67. The van der Waals surface area contributed by atoms with Crippen molar-refractivity contribution in [3.8, 4) is 0 Å². The first kappa shape index (κ1) is 26.4. The van der Waals surface area contributed by atoms with Gasteiger partial charge in [-0.15, -0.1) is 0 Å². The number of hydrogen-bond donors (Lipinski definition) is 3. The zero-order valence-corrected chi connectivity index (χ0v) is 18.5. The molecule has 0 aromatic carbocycles. The second-order valence-corrected chi connectivity index (χ2v) is 8.10. The number of nitrogens with zero attached hydrogens (tertiary/aromatic N) is 1. The van der Waals surface area contributed by atoms with Gasteiger partial charge < -0.3 is 15.1 Å². The monoisotopic (exact) mass is 385 g/mol. The molecule has 0 aromatic rings. The van der Waals surface area contributed by atoms with Gasteiger partial charge >= 0.3 is 5.90 Å². The Morgan fingerprint density at radius 3 is 1.67 bits per heavy atom. The van der Waals surface area contributed by atoms with Crippen LogP contribution in [0.4, 0.5) is 0 Å². The van der Waals surface area contributed by atoms with Gasteiger partial charge in [0.1, 0.15) is 6.54 Å². The molecule has 0 rings (SSSR count). The highest BCUT2D eigenvalue weighted by Crippen LogP contribution is 2.12. The number of rotatable bonds is 21. The van der Waals surface area contributed by atoms with Crippen molar-refractivity contribution in [2.75, 3.05) is 33.3 Å². The number of unbranched alkanes of at least 4 members (excludes halogenated alkanes) is 13. The largest absolute Gasteiger partial charge is 0.464 e. The van der Waals surface area contributed by atoms with E-state index in [1.165, 1.54) is 83.5 Å². The molecule has 0 fully saturated rings. The van der Waals surface area contributed by atoms with Crippen LogP contribution >= 0.6 is 0 Å². The summed E-state index contributed by atoms with van der Waals surface area (Å²) in [6.07, 6.45) is 20.9. The van der Waals surface area contributed by atoms with E-state index >= 15 is 0 Å². The smallest absolute Gasteiger partial charge is 0.332 e. The standard InChI is InChI=1S/C23H48N2O2/c1-3-4-5-6-7-8-9-10-11-12-13-14-15-16-19-24-23(27)18-17-20-25(2)21-22-26/h26H,3-22H2,1-2H3,(H,24,27)/p+1. The molecule has 0 radical (unpaired) electrons. The summed E-state index contributed by atoms with van der Waals surface area (Å²) in [6, 6.07) is 0. The van der Waals surface area contributed by atoms with Crippen LogP contribution in [-0.2, 0) is 0 Å². The molecule has 0 atom stereocenters. The highest BCUT2D eigenvalue weighted by atomic mass is 16.3. The summed E-state index contributed by atoms with van der Waals surface area (Å²) in [5, 5.41) is 18.7. The number of likely N-dealkylation sites (N-methyl/N-ethyl adjacent to an activating group) is 1. The first-order chi connectivity index (χ1) is 13.2. The average molecular weight is 386 g/mol. The van der Waals surface area contributed by atoms with Crippen LogP contribution in [0.3, 0.4) is 0 Å². The van der Waals surface area contributed by atoms with E-state index in [4.69, 9.17) is 5.11 Å². The molecule has 0 aliphatic rings. The van der Waals surface area contributed by atoms with E-state index < -0.39 is 0 Å². The lowest BCUT2D eigenvalue weighted by molar-refractivity contribution is -0.468. The fourth-order valence-electron chi connectivity index (χ4n) is 3.44. The molecular weight excluding hydrogens is 336 g/mol. The van der Waals surface area contributed by atoms with Gasteiger partial charge in [0.2, 0.25) is 0 Å². The fourth-order valence-corrected chi connectivity index (χ4v) is 3.44. The molecule has 0 aliphatic heterocycles. The zero-order valence-electron chi connectivity index (χ0n) is 18.5. The molecule has 3 N–H and O–H groups in total. The van der Waals surface area contributed by atoms with Gasteiger partial charge in [-0.2, -0.15) is 0 Å². The number of hydrogen-bond acceptors (Lipinski definition) is 2. The third kappa shape index (κ3) is 21.5. The van der Waals surface area contributed by atoms with Gasteiger partial charge in [0.05, 0.1) is 13.0 Å². The molecule has 4 nitrogen and oxygen atoms in total. The maximum absolute atomic E-state index is 9.83. The van der Waals surface area contributed by atoms with Crippen LogP contribution < -0.4 is 4.99 Å². The van der Waals surface area contributed by atoms with Crippen molar-refractivity contribution in [1.82, 2.24) is 4.90 Å². The van der Waals surface area contributed by atoms with E-state index in [-0.39, 0.29) is 6.61 Å². The molecule has 0 saturated heterocycles. The van der Waals surface area contributed by atoms with E-state index in [2.05, 4.69) is 16.8 Å². The molecule has 162 valence electrons. The number of nitrogens with one attached hydrogen (secondary N) is 1. The summed E-state index contributed by atoms with van der Waals surface area (Å²) < 4.78 is 0. The molecule has 4 heteroatoms. The average Bonchev–Trinajstić information content (AvgIpc) is 2.65. The van der Waals surface area contributed by atoms with Crippen molar-refractivity contribution < 1.29 is 15.2 Å². The van der Waals surface area contributed by atoms with Gasteiger partial charge in [-0.1, -0.05) is 84.0 Å². The summed E-state index contributed by atoms with van der Waals surface area (Å²) in [6.45, 7) is 4.97. The van der Waals surface area contributed by atoms with Crippen molar-refractivity contribution >= 4 is 5.90 Å². The molecule has 0 spiro atoms. The maximum Gasteiger partial charge on any atom is 0.332 e. The highest BCUT2D eigenvalue weighted by Gasteiger charge is 2.04. The minimum Gasteiger partial charge on any atom is -0.464 e.